The number of benzene rings is 1. The summed E-state index contributed by atoms with van der Waals surface area (Å²) in [5.74, 6) is 1.64. The van der Waals surface area contributed by atoms with E-state index in [4.69, 9.17) is 0 Å². The van der Waals surface area contributed by atoms with E-state index in [2.05, 4.69) is 5.32 Å². The third-order valence-corrected chi connectivity index (χ3v) is 4.73. The van der Waals surface area contributed by atoms with Gasteiger partial charge in [-0.2, -0.15) is 0 Å². The fourth-order valence-electron chi connectivity index (χ4n) is 3.60. The molecule has 0 saturated heterocycles. The zero-order chi connectivity index (χ0) is 13.4. The number of fused-ring (bicyclic) bond motifs is 1. The summed E-state index contributed by atoms with van der Waals surface area (Å²) >= 11 is 0. The molecule has 3 unspecified atom stereocenters. The summed E-state index contributed by atoms with van der Waals surface area (Å²) in [6.07, 6.45) is 3.10. The number of aliphatic hydroxyl groups excluding tert-OH is 1. The van der Waals surface area contributed by atoms with Crippen LogP contribution in [0.15, 0.2) is 24.3 Å². The number of aryl methyl sites for hydroxylation is 1. The van der Waals surface area contributed by atoms with Crippen molar-refractivity contribution in [2.75, 3.05) is 6.54 Å². The smallest absolute Gasteiger partial charge is 0.223 e. The zero-order valence-corrected chi connectivity index (χ0v) is 11.3. The number of carbonyl (C=O) groups is 1. The summed E-state index contributed by atoms with van der Waals surface area (Å²) in [6, 6.07) is 7.76. The molecule has 2 N–H and O–H groups in total. The second-order valence-corrected chi connectivity index (χ2v) is 5.90. The number of rotatable bonds is 4. The van der Waals surface area contributed by atoms with E-state index in [9.17, 15) is 9.90 Å². The third kappa shape index (κ3) is 2.39. The first-order chi connectivity index (χ1) is 9.18. The van der Waals surface area contributed by atoms with Gasteiger partial charge in [0.25, 0.3) is 0 Å². The Bertz CT molecular complexity index is 475. The lowest BCUT2D eigenvalue weighted by Gasteiger charge is -2.15. The maximum absolute atomic E-state index is 12.0. The quantitative estimate of drug-likeness (QED) is 0.871. The van der Waals surface area contributed by atoms with Crippen molar-refractivity contribution in [1.29, 1.82) is 0 Å². The first kappa shape index (κ1) is 12.7. The first-order valence-corrected chi connectivity index (χ1v) is 7.20. The summed E-state index contributed by atoms with van der Waals surface area (Å²) in [7, 11) is 0. The van der Waals surface area contributed by atoms with Crippen molar-refractivity contribution < 1.29 is 9.90 Å². The van der Waals surface area contributed by atoms with Crippen LogP contribution in [0, 0.1) is 24.7 Å². The van der Waals surface area contributed by atoms with Gasteiger partial charge in [0.2, 0.25) is 5.91 Å². The van der Waals surface area contributed by atoms with Gasteiger partial charge in [-0.1, -0.05) is 30.7 Å². The van der Waals surface area contributed by atoms with Crippen LogP contribution in [0.4, 0.5) is 0 Å². The molecule has 3 rings (SSSR count). The maximum Gasteiger partial charge on any atom is 0.223 e. The first-order valence-electron chi connectivity index (χ1n) is 7.20. The van der Waals surface area contributed by atoms with Crippen molar-refractivity contribution in [3.63, 3.8) is 0 Å². The van der Waals surface area contributed by atoms with Gasteiger partial charge in [0.05, 0.1) is 6.10 Å². The van der Waals surface area contributed by atoms with E-state index in [-0.39, 0.29) is 11.8 Å². The van der Waals surface area contributed by atoms with Crippen LogP contribution < -0.4 is 5.32 Å². The topological polar surface area (TPSA) is 49.3 Å². The van der Waals surface area contributed by atoms with Crippen molar-refractivity contribution in [1.82, 2.24) is 5.32 Å². The van der Waals surface area contributed by atoms with Crippen molar-refractivity contribution in [2.24, 2.45) is 17.8 Å². The van der Waals surface area contributed by atoms with Crippen molar-refractivity contribution in [3.8, 4) is 0 Å². The monoisotopic (exact) mass is 259 g/mol. The highest BCUT2D eigenvalue weighted by molar-refractivity contribution is 5.82. The molecule has 19 heavy (non-hydrogen) atoms. The summed E-state index contributed by atoms with van der Waals surface area (Å²) < 4.78 is 0. The van der Waals surface area contributed by atoms with Crippen LogP contribution in [0.2, 0.25) is 0 Å². The van der Waals surface area contributed by atoms with Gasteiger partial charge in [-0.25, -0.2) is 0 Å². The van der Waals surface area contributed by atoms with E-state index in [0.717, 1.165) is 11.1 Å². The fraction of sp³-hybridized carbons (Fsp3) is 0.562. The minimum Gasteiger partial charge on any atom is -0.387 e. The number of hydrogen-bond acceptors (Lipinski definition) is 2. The number of aliphatic hydroxyl groups is 1. The molecular formula is C16H21NO2. The maximum atomic E-state index is 12.0. The highest BCUT2D eigenvalue weighted by Crippen LogP contribution is 2.57. The van der Waals surface area contributed by atoms with Crippen molar-refractivity contribution >= 4 is 5.91 Å². The lowest BCUT2D eigenvalue weighted by molar-refractivity contribution is -0.123. The molecule has 3 nitrogen and oxygen atoms in total. The normalized spacial score (nSPS) is 29.7. The van der Waals surface area contributed by atoms with Crippen LogP contribution >= 0.6 is 0 Å². The number of amides is 1. The Hall–Kier alpha value is -1.35. The van der Waals surface area contributed by atoms with Gasteiger partial charge in [-0.3, -0.25) is 4.79 Å². The van der Waals surface area contributed by atoms with E-state index in [1.54, 1.807) is 0 Å². The summed E-state index contributed by atoms with van der Waals surface area (Å²) in [5.41, 5.74) is 1.96. The zero-order valence-electron chi connectivity index (χ0n) is 11.3. The van der Waals surface area contributed by atoms with Crippen LogP contribution in [-0.2, 0) is 4.79 Å². The predicted octanol–water partition coefficient (Wildman–Crippen LogP) is 2.19. The average molecular weight is 259 g/mol. The van der Waals surface area contributed by atoms with Crippen LogP contribution in [0.5, 0.6) is 0 Å². The Balaban J connectivity index is 1.52. The Morgan fingerprint density at radius 3 is 2.74 bits per heavy atom. The highest BCUT2D eigenvalue weighted by Gasteiger charge is 2.56. The molecule has 0 aliphatic heterocycles. The van der Waals surface area contributed by atoms with Gasteiger partial charge >= 0.3 is 0 Å². The molecule has 0 heterocycles. The molecular weight excluding hydrogens is 238 g/mol. The molecule has 0 radical (unpaired) electrons. The molecule has 0 bridgehead atoms. The van der Waals surface area contributed by atoms with Crippen molar-refractivity contribution in [2.45, 2.75) is 32.3 Å². The van der Waals surface area contributed by atoms with Gasteiger partial charge in [0.15, 0.2) is 0 Å². The van der Waals surface area contributed by atoms with E-state index in [0.29, 0.717) is 18.4 Å². The number of hydrogen-bond donors (Lipinski definition) is 2. The minimum atomic E-state index is -0.608. The molecule has 2 aliphatic carbocycles. The molecule has 0 aromatic heterocycles. The Morgan fingerprint density at radius 2 is 2.05 bits per heavy atom. The Labute approximate surface area is 114 Å². The summed E-state index contributed by atoms with van der Waals surface area (Å²) in [5, 5.41) is 13.1. The van der Waals surface area contributed by atoms with Crippen LogP contribution in [0.25, 0.3) is 0 Å². The second-order valence-electron chi connectivity index (χ2n) is 5.90. The van der Waals surface area contributed by atoms with Crippen LogP contribution in [0.3, 0.4) is 0 Å². The minimum absolute atomic E-state index is 0.141. The average Bonchev–Trinajstić information content (AvgIpc) is 2.89. The lowest BCUT2D eigenvalue weighted by Crippen LogP contribution is -2.31. The summed E-state index contributed by atoms with van der Waals surface area (Å²) in [4.78, 5) is 12.0. The van der Waals surface area contributed by atoms with Crippen LogP contribution in [-0.4, -0.2) is 17.6 Å². The van der Waals surface area contributed by atoms with E-state index in [1.807, 2.05) is 31.2 Å². The molecule has 1 aromatic carbocycles. The predicted molar refractivity (Wildman–Crippen MR) is 73.5 cm³/mol. The van der Waals surface area contributed by atoms with E-state index >= 15 is 0 Å². The standard InChI is InChI=1S/C16H21NO2/c1-10-5-2-3-6-11(10)14(18)9-17-16(19)15-12-7-4-8-13(12)15/h2-3,5-6,12-15,18H,4,7-9H2,1H3,(H,17,19). The molecule has 2 aliphatic rings. The SMILES string of the molecule is Cc1ccccc1C(O)CNC(=O)C1C2CCCC21. The van der Waals surface area contributed by atoms with Gasteiger partial charge < -0.3 is 10.4 Å². The van der Waals surface area contributed by atoms with Gasteiger partial charge in [0, 0.05) is 12.5 Å². The van der Waals surface area contributed by atoms with Crippen molar-refractivity contribution in [3.05, 3.63) is 35.4 Å². The molecule has 1 amide bonds. The Kier molecular flexibility index (Phi) is 3.31. The van der Waals surface area contributed by atoms with Gasteiger partial charge in [0.1, 0.15) is 0 Å². The number of nitrogens with one attached hydrogen (secondary N) is 1. The Morgan fingerprint density at radius 1 is 1.37 bits per heavy atom. The molecule has 0 spiro atoms. The van der Waals surface area contributed by atoms with Crippen LogP contribution in [0.1, 0.15) is 36.5 Å². The third-order valence-electron chi connectivity index (χ3n) is 4.73. The molecule has 2 fully saturated rings. The van der Waals surface area contributed by atoms with E-state index in [1.165, 1.54) is 19.3 Å². The lowest BCUT2D eigenvalue weighted by atomic mass is 10.0. The largest absolute Gasteiger partial charge is 0.387 e. The van der Waals surface area contributed by atoms with E-state index < -0.39 is 6.10 Å². The molecule has 2 saturated carbocycles. The second kappa shape index (κ2) is 4.97. The fourth-order valence-corrected chi connectivity index (χ4v) is 3.60. The highest BCUT2D eigenvalue weighted by atomic mass is 16.3. The number of carbonyl (C=O) groups excluding carboxylic acids is 1. The molecule has 102 valence electrons. The van der Waals surface area contributed by atoms with Gasteiger partial charge in [-0.05, 0) is 42.7 Å². The van der Waals surface area contributed by atoms with Gasteiger partial charge in [-0.15, -0.1) is 0 Å². The molecule has 3 atom stereocenters. The molecule has 1 aromatic rings. The molecule has 3 heteroatoms. The summed E-state index contributed by atoms with van der Waals surface area (Å²) in [6.45, 7) is 2.30.